The van der Waals surface area contributed by atoms with Crippen LogP contribution in [0.15, 0.2) is 23.4 Å². The summed E-state index contributed by atoms with van der Waals surface area (Å²) in [4.78, 5) is 0. The first kappa shape index (κ1) is 14.8. The van der Waals surface area contributed by atoms with Gasteiger partial charge in [0.25, 0.3) is 0 Å². The average Bonchev–Trinajstić information content (AvgIpc) is 2.45. The van der Waals surface area contributed by atoms with Crippen molar-refractivity contribution in [2.24, 2.45) is 5.16 Å². The number of aliphatic hydroxyl groups is 1. The van der Waals surface area contributed by atoms with E-state index in [1.54, 1.807) is 6.92 Å². The van der Waals surface area contributed by atoms with E-state index in [0.29, 0.717) is 29.9 Å². The van der Waals surface area contributed by atoms with Crippen LogP contribution in [-0.4, -0.2) is 28.2 Å². The molecule has 2 rings (SSSR count). The molecule has 0 heterocycles. The minimum Gasteiger partial charge on any atom is -0.490 e. The molecular formula is C15H20FNO3. The van der Waals surface area contributed by atoms with Crippen LogP contribution in [0.1, 0.15) is 44.6 Å². The molecule has 5 heteroatoms. The topological polar surface area (TPSA) is 62.1 Å². The summed E-state index contributed by atoms with van der Waals surface area (Å²) in [5.41, 5.74) is 0.0236. The summed E-state index contributed by atoms with van der Waals surface area (Å²) in [6.07, 6.45) is 4.49. The second kappa shape index (κ2) is 6.22. The summed E-state index contributed by atoms with van der Waals surface area (Å²) >= 11 is 0. The highest BCUT2D eigenvalue weighted by atomic mass is 19.1. The predicted molar refractivity (Wildman–Crippen MR) is 73.9 cm³/mol. The maximum Gasteiger partial charge on any atom is 0.131 e. The van der Waals surface area contributed by atoms with E-state index in [1.807, 2.05) is 0 Å². The second-order valence-corrected chi connectivity index (χ2v) is 5.40. The van der Waals surface area contributed by atoms with Crippen LogP contribution in [0.25, 0.3) is 0 Å². The van der Waals surface area contributed by atoms with Crippen molar-refractivity contribution in [1.29, 1.82) is 0 Å². The molecule has 1 aliphatic rings. The molecule has 0 saturated heterocycles. The van der Waals surface area contributed by atoms with Crippen molar-refractivity contribution in [2.45, 2.75) is 44.6 Å². The van der Waals surface area contributed by atoms with E-state index in [4.69, 9.17) is 9.94 Å². The Hall–Kier alpha value is -1.62. The van der Waals surface area contributed by atoms with Gasteiger partial charge in [-0.25, -0.2) is 4.39 Å². The molecule has 0 spiro atoms. The zero-order valence-electron chi connectivity index (χ0n) is 11.6. The zero-order valence-corrected chi connectivity index (χ0v) is 11.6. The summed E-state index contributed by atoms with van der Waals surface area (Å²) in [6, 6.07) is 4.03. The highest BCUT2D eigenvalue weighted by molar-refractivity contribution is 6.00. The van der Waals surface area contributed by atoms with Gasteiger partial charge in [0.15, 0.2) is 0 Å². The Morgan fingerprint density at radius 1 is 1.35 bits per heavy atom. The lowest BCUT2D eigenvalue weighted by Crippen LogP contribution is -2.38. The summed E-state index contributed by atoms with van der Waals surface area (Å²) in [6.45, 7) is 1.73. The number of nitrogens with zero attached hydrogens (tertiary/aromatic N) is 1. The summed E-state index contributed by atoms with van der Waals surface area (Å²) < 4.78 is 18.9. The maximum atomic E-state index is 13.3. The van der Waals surface area contributed by atoms with E-state index in [2.05, 4.69) is 5.16 Å². The van der Waals surface area contributed by atoms with Gasteiger partial charge in [0.1, 0.15) is 18.2 Å². The quantitative estimate of drug-likeness (QED) is 0.506. The number of oxime groups is 1. The molecule has 0 bridgehead atoms. The normalized spacial score (nSPS) is 18.9. The first-order valence-corrected chi connectivity index (χ1v) is 6.88. The van der Waals surface area contributed by atoms with E-state index in [0.717, 1.165) is 19.3 Å². The lowest BCUT2D eigenvalue weighted by molar-refractivity contribution is -0.0340. The molecule has 2 N–H and O–H groups in total. The van der Waals surface area contributed by atoms with E-state index in [-0.39, 0.29) is 6.61 Å². The largest absolute Gasteiger partial charge is 0.490 e. The van der Waals surface area contributed by atoms with E-state index >= 15 is 0 Å². The number of benzene rings is 1. The molecule has 0 atom stereocenters. The lowest BCUT2D eigenvalue weighted by Gasteiger charge is -2.31. The molecule has 20 heavy (non-hydrogen) atoms. The Labute approximate surface area is 117 Å². The lowest BCUT2D eigenvalue weighted by atomic mass is 9.85. The standard InChI is InChI=1S/C15H20FNO3/c1-11(17-19)13-6-5-12(16)9-14(13)20-10-15(18)7-3-2-4-8-15/h5-6,9,18-19H,2-4,7-8,10H2,1H3. The monoisotopic (exact) mass is 281 g/mol. The predicted octanol–water partition coefficient (Wildman–Crippen LogP) is 3.10. The fourth-order valence-corrected chi connectivity index (χ4v) is 2.53. The molecule has 1 aliphatic carbocycles. The van der Waals surface area contributed by atoms with Crippen LogP contribution in [0.3, 0.4) is 0 Å². The molecular weight excluding hydrogens is 261 g/mol. The highest BCUT2D eigenvalue weighted by Crippen LogP contribution is 2.30. The van der Waals surface area contributed by atoms with Gasteiger partial charge in [-0.1, -0.05) is 24.4 Å². The van der Waals surface area contributed by atoms with Crippen LogP contribution in [-0.2, 0) is 0 Å². The molecule has 4 nitrogen and oxygen atoms in total. The maximum absolute atomic E-state index is 13.3. The van der Waals surface area contributed by atoms with Crippen LogP contribution in [0, 0.1) is 5.82 Å². The second-order valence-electron chi connectivity index (χ2n) is 5.40. The first-order chi connectivity index (χ1) is 9.54. The van der Waals surface area contributed by atoms with Crippen molar-refractivity contribution < 1.29 is 19.4 Å². The van der Waals surface area contributed by atoms with Crippen molar-refractivity contribution in [3.63, 3.8) is 0 Å². The summed E-state index contributed by atoms with van der Waals surface area (Å²) in [7, 11) is 0. The van der Waals surface area contributed by atoms with Gasteiger partial charge < -0.3 is 15.1 Å². The Bertz CT molecular complexity index is 496. The Kier molecular flexibility index (Phi) is 4.60. The number of halogens is 1. The molecule has 110 valence electrons. The molecule has 1 fully saturated rings. The van der Waals surface area contributed by atoms with Gasteiger partial charge >= 0.3 is 0 Å². The Balaban J connectivity index is 2.14. The molecule has 1 aromatic carbocycles. The van der Waals surface area contributed by atoms with Gasteiger partial charge in [0.05, 0.1) is 11.3 Å². The first-order valence-electron chi connectivity index (χ1n) is 6.88. The summed E-state index contributed by atoms with van der Waals surface area (Å²) in [5, 5.41) is 22.3. The third-order valence-electron chi connectivity index (χ3n) is 3.76. The molecule has 1 saturated carbocycles. The van der Waals surface area contributed by atoms with Crippen LogP contribution >= 0.6 is 0 Å². The van der Waals surface area contributed by atoms with Gasteiger partial charge in [0.2, 0.25) is 0 Å². The van der Waals surface area contributed by atoms with E-state index < -0.39 is 11.4 Å². The van der Waals surface area contributed by atoms with Gasteiger partial charge in [-0.3, -0.25) is 0 Å². The van der Waals surface area contributed by atoms with Crippen LogP contribution < -0.4 is 4.74 Å². The van der Waals surface area contributed by atoms with Crippen molar-refractivity contribution in [3.8, 4) is 5.75 Å². The van der Waals surface area contributed by atoms with Crippen molar-refractivity contribution >= 4 is 5.71 Å². The van der Waals surface area contributed by atoms with Crippen molar-refractivity contribution in [2.75, 3.05) is 6.61 Å². The van der Waals surface area contributed by atoms with E-state index in [9.17, 15) is 9.50 Å². The summed E-state index contributed by atoms with van der Waals surface area (Å²) in [5.74, 6) is -0.135. The SMILES string of the molecule is CC(=NO)c1ccc(F)cc1OCC1(O)CCCCC1. The third-order valence-corrected chi connectivity index (χ3v) is 3.76. The number of rotatable bonds is 4. The molecule has 0 amide bonds. The van der Waals surface area contributed by atoms with Crippen LogP contribution in [0.4, 0.5) is 4.39 Å². The third kappa shape index (κ3) is 3.48. The molecule has 0 aliphatic heterocycles. The Morgan fingerprint density at radius 3 is 2.70 bits per heavy atom. The minimum atomic E-state index is -0.841. The fraction of sp³-hybridized carbons (Fsp3) is 0.533. The Morgan fingerprint density at radius 2 is 2.05 bits per heavy atom. The fourth-order valence-electron chi connectivity index (χ4n) is 2.53. The number of hydrogen-bond donors (Lipinski definition) is 2. The average molecular weight is 281 g/mol. The minimum absolute atomic E-state index is 0.127. The molecule has 0 unspecified atom stereocenters. The number of ether oxygens (including phenoxy) is 1. The van der Waals surface area contributed by atoms with E-state index in [1.165, 1.54) is 18.2 Å². The smallest absolute Gasteiger partial charge is 0.131 e. The van der Waals surface area contributed by atoms with Gasteiger partial charge in [-0.2, -0.15) is 0 Å². The molecule has 0 radical (unpaired) electrons. The highest BCUT2D eigenvalue weighted by Gasteiger charge is 2.30. The molecule has 0 aromatic heterocycles. The number of hydrogen-bond acceptors (Lipinski definition) is 4. The van der Waals surface area contributed by atoms with Crippen LogP contribution in [0.2, 0.25) is 0 Å². The van der Waals surface area contributed by atoms with Gasteiger partial charge in [0, 0.05) is 11.6 Å². The zero-order chi connectivity index (χ0) is 14.6. The van der Waals surface area contributed by atoms with Gasteiger partial charge in [-0.05, 0) is 31.9 Å². The van der Waals surface area contributed by atoms with Crippen molar-refractivity contribution in [1.82, 2.24) is 0 Å². The van der Waals surface area contributed by atoms with Gasteiger partial charge in [-0.15, -0.1) is 0 Å². The van der Waals surface area contributed by atoms with Crippen molar-refractivity contribution in [3.05, 3.63) is 29.6 Å². The molecule has 1 aromatic rings. The van der Waals surface area contributed by atoms with Crippen LogP contribution in [0.5, 0.6) is 5.75 Å².